The van der Waals surface area contributed by atoms with Crippen molar-refractivity contribution < 1.29 is 27.4 Å². The van der Waals surface area contributed by atoms with E-state index in [1.165, 1.54) is 4.90 Å². The van der Waals surface area contributed by atoms with Crippen LogP contribution in [0, 0.1) is 0 Å². The Labute approximate surface area is 131 Å². The third kappa shape index (κ3) is 3.69. The number of carbonyl (C=O) groups excluding carboxylic acids is 1. The molecule has 0 atom stereocenters. The molecule has 1 saturated heterocycles. The van der Waals surface area contributed by atoms with E-state index in [4.69, 9.17) is 9.47 Å². The van der Waals surface area contributed by atoms with Crippen LogP contribution in [-0.4, -0.2) is 67.8 Å². The van der Waals surface area contributed by atoms with E-state index < -0.39 is 12.7 Å². The first-order valence-corrected chi connectivity index (χ1v) is 7.41. The van der Waals surface area contributed by atoms with Gasteiger partial charge in [-0.15, -0.1) is 0 Å². The van der Waals surface area contributed by atoms with Crippen molar-refractivity contribution >= 4 is 5.91 Å². The molecule has 0 bridgehead atoms. The second kappa shape index (κ2) is 6.27. The standard InChI is InChI=1S/C15H17F3N2O3/c16-15(17,18)10-19-4-6-20(7-5-19)14(21)11-2-1-3-12-13(11)23-9-8-22-12/h1-3H,4-10H2. The number of hydrogen-bond donors (Lipinski definition) is 0. The van der Waals surface area contributed by atoms with Crippen LogP contribution in [0.15, 0.2) is 18.2 Å². The minimum atomic E-state index is -4.21. The van der Waals surface area contributed by atoms with Crippen molar-refractivity contribution in [3.05, 3.63) is 23.8 Å². The molecule has 2 heterocycles. The molecule has 0 aliphatic carbocycles. The zero-order valence-electron chi connectivity index (χ0n) is 12.4. The molecule has 1 aromatic rings. The minimum absolute atomic E-state index is 0.206. The van der Waals surface area contributed by atoms with Crippen molar-refractivity contribution in [2.24, 2.45) is 0 Å². The molecule has 0 saturated carbocycles. The average molecular weight is 330 g/mol. The first-order valence-electron chi connectivity index (χ1n) is 7.41. The summed E-state index contributed by atoms with van der Waals surface area (Å²) >= 11 is 0. The van der Waals surface area contributed by atoms with Crippen LogP contribution in [0.5, 0.6) is 11.5 Å². The van der Waals surface area contributed by atoms with Gasteiger partial charge in [0, 0.05) is 26.2 Å². The second-order valence-electron chi connectivity index (χ2n) is 5.51. The highest BCUT2D eigenvalue weighted by atomic mass is 19.4. The van der Waals surface area contributed by atoms with Crippen molar-refractivity contribution in [3.63, 3.8) is 0 Å². The topological polar surface area (TPSA) is 42.0 Å². The average Bonchev–Trinajstić information content (AvgIpc) is 2.53. The maximum atomic E-state index is 12.6. The number of carbonyl (C=O) groups is 1. The summed E-state index contributed by atoms with van der Waals surface area (Å²) in [5, 5.41) is 0. The highest BCUT2D eigenvalue weighted by Gasteiger charge is 2.33. The van der Waals surface area contributed by atoms with Gasteiger partial charge < -0.3 is 14.4 Å². The van der Waals surface area contributed by atoms with E-state index in [0.29, 0.717) is 30.3 Å². The number of ether oxygens (including phenoxy) is 2. The Kier molecular flexibility index (Phi) is 4.34. The van der Waals surface area contributed by atoms with E-state index in [2.05, 4.69) is 0 Å². The molecule has 0 unspecified atom stereocenters. The lowest BCUT2D eigenvalue weighted by atomic mass is 10.1. The normalized spacial score (nSPS) is 18.8. The molecule has 2 aliphatic heterocycles. The number of amides is 1. The van der Waals surface area contributed by atoms with E-state index in [9.17, 15) is 18.0 Å². The maximum absolute atomic E-state index is 12.6. The molecule has 3 rings (SSSR count). The minimum Gasteiger partial charge on any atom is -0.486 e. The van der Waals surface area contributed by atoms with Gasteiger partial charge in [-0.3, -0.25) is 9.69 Å². The summed E-state index contributed by atoms with van der Waals surface area (Å²) in [6.45, 7) is 0.804. The van der Waals surface area contributed by atoms with Gasteiger partial charge in [0.15, 0.2) is 11.5 Å². The molecule has 126 valence electrons. The molecular formula is C15H17F3N2O3. The zero-order valence-corrected chi connectivity index (χ0v) is 12.4. The molecular weight excluding hydrogens is 313 g/mol. The zero-order chi connectivity index (χ0) is 16.4. The van der Waals surface area contributed by atoms with E-state index in [1.54, 1.807) is 23.1 Å². The van der Waals surface area contributed by atoms with Crippen molar-refractivity contribution in [1.29, 1.82) is 0 Å². The first kappa shape index (κ1) is 15.9. The number of benzene rings is 1. The molecule has 1 amide bonds. The summed E-state index contributed by atoms with van der Waals surface area (Å²) in [5.74, 6) is 0.707. The summed E-state index contributed by atoms with van der Waals surface area (Å²) in [6.07, 6.45) is -4.21. The van der Waals surface area contributed by atoms with Crippen molar-refractivity contribution in [1.82, 2.24) is 9.80 Å². The van der Waals surface area contributed by atoms with E-state index in [-0.39, 0.29) is 32.1 Å². The first-order chi connectivity index (χ1) is 10.9. The van der Waals surface area contributed by atoms with Gasteiger partial charge in [-0.05, 0) is 12.1 Å². The lowest BCUT2D eigenvalue weighted by molar-refractivity contribution is -0.148. The number of nitrogens with zero attached hydrogens (tertiary/aromatic N) is 2. The van der Waals surface area contributed by atoms with Gasteiger partial charge in [-0.25, -0.2) is 0 Å². The highest BCUT2D eigenvalue weighted by Crippen LogP contribution is 2.34. The maximum Gasteiger partial charge on any atom is 0.401 e. The van der Waals surface area contributed by atoms with Crippen LogP contribution in [0.25, 0.3) is 0 Å². The molecule has 2 aliphatic rings. The van der Waals surface area contributed by atoms with Crippen molar-refractivity contribution in [2.75, 3.05) is 45.9 Å². The molecule has 1 aromatic carbocycles. The number of hydrogen-bond acceptors (Lipinski definition) is 4. The Morgan fingerprint density at radius 1 is 1.09 bits per heavy atom. The summed E-state index contributed by atoms with van der Waals surface area (Å²) in [7, 11) is 0. The van der Waals surface area contributed by atoms with Gasteiger partial charge in [0.2, 0.25) is 0 Å². The van der Waals surface area contributed by atoms with Crippen molar-refractivity contribution in [2.45, 2.75) is 6.18 Å². The Bertz CT molecular complexity index is 584. The number of para-hydroxylation sites is 1. The van der Waals surface area contributed by atoms with Gasteiger partial charge in [-0.1, -0.05) is 6.07 Å². The van der Waals surface area contributed by atoms with Crippen LogP contribution in [0.2, 0.25) is 0 Å². The fourth-order valence-electron chi connectivity index (χ4n) is 2.78. The fraction of sp³-hybridized carbons (Fsp3) is 0.533. The monoisotopic (exact) mass is 330 g/mol. The Hall–Kier alpha value is -1.96. The summed E-state index contributed by atoms with van der Waals surface area (Å²) in [5.41, 5.74) is 0.395. The molecule has 1 fully saturated rings. The van der Waals surface area contributed by atoms with Crippen LogP contribution < -0.4 is 9.47 Å². The Morgan fingerprint density at radius 2 is 1.78 bits per heavy atom. The second-order valence-corrected chi connectivity index (χ2v) is 5.51. The summed E-state index contributed by atoms with van der Waals surface area (Å²) in [6, 6.07) is 5.09. The fourth-order valence-corrected chi connectivity index (χ4v) is 2.78. The van der Waals surface area contributed by atoms with Gasteiger partial charge >= 0.3 is 6.18 Å². The van der Waals surface area contributed by atoms with Gasteiger partial charge in [0.05, 0.1) is 12.1 Å². The van der Waals surface area contributed by atoms with E-state index >= 15 is 0 Å². The quantitative estimate of drug-likeness (QED) is 0.829. The molecule has 0 aromatic heterocycles. The van der Waals surface area contributed by atoms with Gasteiger partial charge in [0.25, 0.3) is 5.91 Å². The summed E-state index contributed by atoms with van der Waals surface area (Å²) < 4.78 is 48.2. The Balaban J connectivity index is 1.66. The number of piperazine rings is 1. The third-order valence-electron chi connectivity index (χ3n) is 3.86. The van der Waals surface area contributed by atoms with E-state index in [0.717, 1.165) is 0 Å². The van der Waals surface area contributed by atoms with Gasteiger partial charge in [0.1, 0.15) is 13.2 Å². The van der Waals surface area contributed by atoms with Crippen LogP contribution in [0.3, 0.4) is 0 Å². The van der Waals surface area contributed by atoms with Crippen LogP contribution in [-0.2, 0) is 0 Å². The SMILES string of the molecule is O=C(c1cccc2c1OCCO2)N1CCN(CC(F)(F)F)CC1. The van der Waals surface area contributed by atoms with Crippen LogP contribution in [0.1, 0.15) is 10.4 Å². The van der Waals surface area contributed by atoms with Crippen LogP contribution >= 0.6 is 0 Å². The molecule has 8 heteroatoms. The smallest absolute Gasteiger partial charge is 0.401 e. The molecule has 5 nitrogen and oxygen atoms in total. The number of fused-ring (bicyclic) bond motifs is 1. The summed E-state index contributed by atoms with van der Waals surface area (Å²) in [4.78, 5) is 15.5. The molecule has 0 radical (unpaired) electrons. The van der Waals surface area contributed by atoms with E-state index in [1.807, 2.05) is 0 Å². The lowest BCUT2D eigenvalue weighted by Crippen LogP contribution is -2.51. The predicted octanol–water partition coefficient (Wildman–Crippen LogP) is 1.78. The third-order valence-corrected chi connectivity index (χ3v) is 3.86. The number of rotatable bonds is 2. The van der Waals surface area contributed by atoms with Gasteiger partial charge in [-0.2, -0.15) is 13.2 Å². The molecule has 0 N–H and O–H groups in total. The number of alkyl halides is 3. The highest BCUT2D eigenvalue weighted by molar-refractivity contribution is 5.98. The molecule has 0 spiro atoms. The largest absolute Gasteiger partial charge is 0.486 e. The lowest BCUT2D eigenvalue weighted by Gasteiger charge is -2.35. The van der Waals surface area contributed by atoms with Crippen LogP contribution in [0.4, 0.5) is 13.2 Å². The Morgan fingerprint density at radius 3 is 2.48 bits per heavy atom. The predicted molar refractivity (Wildman–Crippen MR) is 75.8 cm³/mol. The van der Waals surface area contributed by atoms with Crippen molar-refractivity contribution in [3.8, 4) is 11.5 Å². The number of halogens is 3. The molecule has 23 heavy (non-hydrogen) atoms.